The number of carbonyl (C=O) groups excluding carboxylic acids is 2. The third kappa shape index (κ3) is 4.35. The molecule has 2 aliphatic heterocycles. The third-order valence-corrected chi connectivity index (χ3v) is 7.80. The summed E-state index contributed by atoms with van der Waals surface area (Å²) in [6, 6.07) is 8.58. The lowest BCUT2D eigenvalue weighted by Crippen LogP contribution is -2.53. The number of carbonyl (C=O) groups is 2. The normalized spacial score (nSPS) is 18.9. The first-order valence-electron chi connectivity index (χ1n) is 10.2. The van der Waals surface area contributed by atoms with Crippen molar-refractivity contribution in [1.82, 2.24) is 14.1 Å². The van der Waals surface area contributed by atoms with E-state index >= 15 is 0 Å². The summed E-state index contributed by atoms with van der Waals surface area (Å²) in [4.78, 5) is 28.3. The number of rotatable bonds is 4. The molecule has 0 bridgehead atoms. The average molecular weight is 450 g/mol. The van der Waals surface area contributed by atoms with Crippen LogP contribution in [-0.2, 0) is 14.8 Å². The number of benzene rings is 1. The molecule has 166 valence electrons. The van der Waals surface area contributed by atoms with Gasteiger partial charge in [-0.15, -0.1) is 0 Å². The topological polar surface area (TPSA) is 91.1 Å². The second kappa shape index (κ2) is 8.80. The summed E-state index contributed by atoms with van der Waals surface area (Å²) >= 11 is 0. The maximum Gasteiger partial charge on any atom is 0.289 e. The van der Waals surface area contributed by atoms with E-state index in [9.17, 15) is 22.4 Å². The number of likely N-dealkylation sites (tertiary alicyclic amines) is 1. The Hall–Kier alpha value is -2.72. The monoisotopic (exact) mass is 449 g/mol. The van der Waals surface area contributed by atoms with Gasteiger partial charge in [0.1, 0.15) is 10.7 Å². The Morgan fingerprint density at radius 1 is 0.903 bits per heavy atom. The van der Waals surface area contributed by atoms with E-state index in [4.69, 9.17) is 4.42 Å². The highest BCUT2D eigenvalue weighted by Gasteiger charge is 2.35. The highest BCUT2D eigenvalue weighted by Crippen LogP contribution is 2.24. The number of piperidine rings is 1. The molecule has 2 aromatic rings. The van der Waals surface area contributed by atoms with E-state index in [1.54, 1.807) is 21.9 Å². The van der Waals surface area contributed by atoms with Gasteiger partial charge in [0.05, 0.1) is 6.26 Å². The minimum atomic E-state index is -3.94. The molecule has 2 aliphatic rings. The first-order valence-corrected chi connectivity index (χ1v) is 11.7. The predicted molar refractivity (Wildman–Crippen MR) is 109 cm³/mol. The molecule has 1 aromatic carbocycles. The van der Waals surface area contributed by atoms with Gasteiger partial charge in [-0.2, -0.15) is 4.31 Å². The Morgan fingerprint density at radius 3 is 2.19 bits per heavy atom. The van der Waals surface area contributed by atoms with E-state index in [-0.39, 0.29) is 54.6 Å². The van der Waals surface area contributed by atoms with Crippen molar-refractivity contribution in [3.8, 4) is 0 Å². The predicted octanol–water partition coefficient (Wildman–Crippen LogP) is 1.80. The molecule has 0 N–H and O–H groups in total. The largest absolute Gasteiger partial charge is 0.459 e. The van der Waals surface area contributed by atoms with Gasteiger partial charge in [0.15, 0.2) is 5.76 Å². The summed E-state index contributed by atoms with van der Waals surface area (Å²) in [5.41, 5.74) is 0. The van der Waals surface area contributed by atoms with Crippen LogP contribution >= 0.6 is 0 Å². The lowest BCUT2D eigenvalue weighted by molar-refractivity contribution is -0.138. The Labute approximate surface area is 180 Å². The lowest BCUT2D eigenvalue weighted by atomic mass is 9.95. The van der Waals surface area contributed by atoms with Crippen LogP contribution in [0.15, 0.2) is 52.0 Å². The SMILES string of the molecule is O=C(c1ccco1)N1CCC(C(=O)N2CCN(S(=O)(=O)c3ccccc3F)CC2)CC1. The molecule has 2 saturated heterocycles. The summed E-state index contributed by atoms with van der Waals surface area (Å²) in [5.74, 6) is -0.889. The van der Waals surface area contributed by atoms with Gasteiger partial charge in [-0.25, -0.2) is 12.8 Å². The van der Waals surface area contributed by atoms with Gasteiger partial charge >= 0.3 is 0 Å². The van der Waals surface area contributed by atoms with Crippen molar-refractivity contribution in [2.45, 2.75) is 17.7 Å². The van der Waals surface area contributed by atoms with E-state index < -0.39 is 15.8 Å². The van der Waals surface area contributed by atoms with E-state index in [0.717, 1.165) is 6.07 Å². The standard InChI is InChI=1S/C21H24FN3O5S/c22-17-4-1-2-6-19(17)31(28,29)25-13-11-24(12-14-25)20(26)16-7-9-23(10-8-16)21(27)18-5-3-15-30-18/h1-6,15-16H,7-14H2. The number of halogens is 1. The first-order chi connectivity index (χ1) is 14.9. The number of nitrogens with zero attached hydrogens (tertiary/aromatic N) is 3. The van der Waals surface area contributed by atoms with Crippen LogP contribution in [0.5, 0.6) is 0 Å². The maximum absolute atomic E-state index is 14.0. The second-order valence-electron chi connectivity index (χ2n) is 7.70. The summed E-state index contributed by atoms with van der Waals surface area (Å²) in [6.07, 6.45) is 2.56. The zero-order chi connectivity index (χ0) is 22.0. The molecule has 0 unspecified atom stereocenters. The highest BCUT2D eigenvalue weighted by molar-refractivity contribution is 7.89. The number of furan rings is 1. The Morgan fingerprint density at radius 2 is 1.58 bits per heavy atom. The van der Waals surface area contributed by atoms with Crippen LogP contribution < -0.4 is 0 Å². The highest BCUT2D eigenvalue weighted by atomic mass is 32.2. The molecule has 0 radical (unpaired) electrons. The Bertz CT molecular complexity index is 1040. The first kappa shape index (κ1) is 21.5. The van der Waals surface area contributed by atoms with Gasteiger partial charge in [-0.3, -0.25) is 9.59 Å². The van der Waals surface area contributed by atoms with Crippen molar-refractivity contribution in [2.75, 3.05) is 39.3 Å². The summed E-state index contributed by atoms with van der Waals surface area (Å²) in [7, 11) is -3.94. The van der Waals surface area contributed by atoms with Gasteiger partial charge in [-0.05, 0) is 37.1 Å². The van der Waals surface area contributed by atoms with Crippen LogP contribution in [0.25, 0.3) is 0 Å². The summed E-state index contributed by atoms with van der Waals surface area (Å²) in [6.45, 7) is 1.71. The molecule has 0 spiro atoms. The number of sulfonamides is 1. The van der Waals surface area contributed by atoms with Crippen LogP contribution in [0.2, 0.25) is 0 Å². The number of amides is 2. The van der Waals surface area contributed by atoms with Crippen LogP contribution in [0, 0.1) is 11.7 Å². The molecule has 3 heterocycles. The van der Waals surface area contributed by atoms with E-state index in [0.29, 0.717) is 25.9 Å². The molecule has 1 aromatic heterocycles. The zero-order valence-corrected chi connectivity index (χ0v) is 17.8. The Kier molecular flexibility index (Phi) is 6.10. The number of hydrogen-bond donors (Lipinski definition) is 0. The molecule has 0 aliphatic carbocycles. The molecule has 10 heteroatoms. The van der Waals surface area contributed by atoms with E-state index in [1.165, 1.54) is 28.8 Å². The number of hydrogen-bond acceptors (Lipinski definition) is 5. The molecule has 0 saturated carbocycles. The van der Waals surface area contributed by atoms with Crippen molar-refractivity contribution >= 4 is 21.8 Å². The van der Waals surface area contributed by atoms with Crippen molar-refractivity contribution in [1.29, 1.82) is 0 Å². The molecular weight excluding hydrogens is 425 g/mol. The maximum atomic E-state index is 14.0. The van der Waals surface area contributed by atoms with Gasteiger partial charge < -0.3 is 14.2 Å². The average Bonchev–Trinajstić information content (AvgIpc) is 3.33. The molecule has 8 nitrogen and oxygen atoms in total. The molecule has 0 atom stereocenters. The second-order valence-corrected chi connectivity index (χ2v) is 9.61. The minimum Gasteiger partial charge on any atom is -0.459 e. The van der Waals surface area contributed by atoms with Gasteiger partial charge in [0.2, 0.25) is 15.9 Å². The van der Waals surface area contributed by atoms with Crippen LogP contribution in [-0.4, -0.2) is 73.6 Å². The summed E-state index contributed by atoms with van der Waals surface area (Å²) in [5, 5.41) is 0. The van der Waals surface area contributed by atoms with Crippen LogP contribution in [0.3, 0.4) is 0 Å². The van der Waals surface area contributed by atoms with Crippen molar-refractivity contribution in [3.63, 3.8) is 0 Å². The van der Waals surface area contributed by atoms with Gasteiger partial charge in [-0.1, -0.05) is 12.1 Å². The fraction of sp³-hybridized carbons (Fsp3) is 0.429. The van der Waals surface area contributed by atoms with Crippen LogP contribution in [0.1, 0.15) is 23.4 Å². The summed E-state index contributed by atoms with van der Waals surface area (Å²) < 4.78 is 45.8. The fourth-order valence-corrected chi connectivity index (χ4v) is 5.57. The van der Waals surface area contributed by atoms with Crippen molar-refractivity contribution in [3.05, 3.63) is 54.2 Å². The molecule has 2 amide bonds. The molecule has 4 rings (SSSR count). The van der Waals surface area contributed by atoms with Gasteiger partial charge in [0, 0.05) is 45.2 Å². The van der Waals surface area contributed by atoms with E-state index in [1.807, 2.05) is 0 Å². The molecular formula is C21H24FN3O5S. The third-order valence-electron chi connectivity index (χ3n) is 5.87. The Balaban J connectivity index is 1.31. The lowest BCUT2D eigenvalue weighted by Gasteiger charge is -2.38. The quantitative estimate of drug-likeness (QED) is 0.710. The van der Waals surface area contributed by atoms with E-state index in [2.05, 4.69) is 0 Å². The van der Waals surface area contributed by atoms with Crippen molar-refractivity contribution in [2.24, 2.45) is 5.92 Å². The number of piperazine rings is 1. The van der Waals surface area contributed by atoms with Gasteiger partial charge in [0.25, 0.3) is 5.91 Å². The van der Waals surface area contributed by atoms with Crippen LogP contribution in [0.4, 0.5) is 4.39 Å². The zero-order valence-electron chi connectivity index (χ0n) is 16.9. The smallest absolute Gasteiger partial charge is 0.289 e. The minimum absolute atomic E-state index is 0.0203. The fourth-order valence-electron chi connectivity index (χ4n) is 4.09. The molecule has 31 heavy (non-hydrogen) atoms. The van der Waals surface area contributed by atoms with Crippen molar-refractivity contribution < 1.29 is 26.8 Å². The molecule has 2 fully saturated rings.